The maximum Gasteiger partial charge on any atom is 0.147 e. The molecule has 1 heterocycles. The predicted octanol–water partition coefficient (Wildman–Crippen LogP) is 2.13. The molecule has 0 bridgehead atoms. The van der Waals surface area contributed by atoms with E-state index in [9.17, 15) is 0 Å². The lowest BCUT2D eigenvalue weighted by Gasteiger charge is -2.03. The van der Waals surface area contributed by atoms with Crippen molar-refractivity contribution < 1.29 is 0 Å². The first kappa shape index (κ1) is 13.4. The van der Waals surface area contributed by atoms with Crippen LogP contribution in [0.15, 0.2) is 24.3 Å². The number of nitrogens with two attached hydrogens (primary N) is 2. The van der Waals surface area contributed by atoms with E-state index >= 15 is 0 Å². The molecule has 0 saturated carbocycles. The van der Waals surface area contributed by atoms with Gasteiger partial charge in [-0.15, -0.1) is 0 Å². The monoisotopic (exact) mass is 282 g/mol. The van der Waals surface area contributed by atoms with E-state index in [4.69, 9.17) is 23.1 Å². The van der Waals surface area contributed by atoms with E-state index in [-0.39, 0.29) is 6.04 Å². The molecule has 1 atom stereocenters. The van der Waals surface area contributed by atoms with Gasteiger partial charge in [-0.1, -0.05) is 23.7 Å². The Morgan fingerprint density at radius 1 is 1.28 bits per heavy atom. The largest absolute Gasteiger partial charge is 0.330 e. The SMILES string of the molecule is NCCC(N)c1nc(Cc2ccc(Cl)cc2)ns1. The van der Waals surface area contributed by atoms with E-state index in [1.165, 1.54) is 11.5 Å². The Balaban J connectivity index is 2.04. The van der Waals surface area contributed by atoms with Crippen molar-refractivity contribution in [2.24, 2.45) is 11.5 Å². The maximum atomic E-state index is 5.94. The molecule has 4 nitrogen and oxygen atoms in total. The molecule has 0 radical (unpaired) electrons. The Morgan fingerprint density at radius 2 is 2.00 bits per heavy atom. The van der Waals surface area contributed by atoms with Gasteiger partial charge in [-0.3, -0.25) is 0 Å². The summed E-state index contributed by atoms with van der Waals surface area (Å²) in [5, 5.41) is 1.58. The Morgan fingerprint density at radius 3 is 2.67 bits per heavy atom. The van der Waals surface area contributed by atoms with Crippen LogP contribution in [0.5, 0.6) is 0 Å². The van der Waals surface area contributed by atoms with Crippen LogP contribution in [0.25, 0.3) is 0 Å². The zero-order valence-electron chi connectivity index (χ0n) is 9.84. The molecule has 1 aromatic heterocycles. The molecule has 0 aliphatic carbocycles. The molecule has 6 heteroatoms. The van der Waals surface area contributed by atoms with Crippen LogP contribution < -0.4 is 11.5 Å². The Bertz CT molecular complexity index is 497. The zero-order chi connectivity index (χ0) is 13.0. The van der Waals surface area contributed by atoms with Gasteiger partial charge in [-0.05, 0) is 42.2 Å². The van der Waals surface area contributed by atoms with E-state index in [1.54, 1.807) is 0 Å². The summed E-state index contributed by atoms with van der Waals surface area (Å²) in [6.45, 7) is 0.563. The van der Waals surface area contributed by atoms with Gasteiger partial charge in [0.25, 0.3) is 0 Å². The third-order valence-corrected chi connectivity index (χ3v) is 3.69. The molecule has 0 spiro atoms. The predicted molar refractivity (Wildman–Crippen MR) is 74.8 cm³/mol. The van der Waals surface area contributed by atoms with Crippen LogP contribution in [-0.4, -0.2) is 15.9 Å². The second kappa shape index (κ2) is 6.24. The van der Waals surface area contributed by atoms with Gasteiger partial charge in [-0.25, -0.2) is 4.98 Å². The van der Waals surface area contributed by atoms with E-state index in [1.807, 2.05) is 24.3 Å². The van der Waals surface area contributed by atoms with Crippen LogP contribution in [0.2, 0.25) is 5.02 Å². The van der Waals surface area contributed by atoms with Gasteiger partial charge in [0.2, 0.25) is 0 Å². The molecule has 0 fully saturated rings. The van der Waals surface area contributed by atoms with Crippen molar-refractivity contribution in [1.82, 2.24) is 9.36 Å². The summed E-state index contributed by atoms with van der Waals surface area (Å²) in [7, 11) is 0. The van der Waals surface area contributed by atoms with Gasteiger partial charge < -0.3 is 11.5 Å². The number of hydrogen-bond acceptors (Lipinski definition) is 5. The molecule has 1 aromatic carbocycles. The second-order valence-electron chi connectivity index (χ2n) is 4.04. The molecular weight excluding hydrogens is 268 g/mol. The van der Waals surface area contributed by atoms with Crippen molar-refractivity contribution in [3.05, 3.63) is 45.7 Å². The maximum absolute atomic E-state index is 5.94. The Hall–Kier alpha value is -1.01. The molecule has 0 saturated heterocycles. The molecule has 18 heavy (non-hydrogen) atoms. The summed E-state index contributed by atoms with van der Waals surface area (Å²) in [4.78, 5) is 4.44. The van der Waals surface area contributed by atoms with Crippen LogP contribution in [0.1, 0.15) is 28.9 Å². The third kappa shape index (κ3) is 3.49. The molecule has 2 rings (SSSR count). The van der Waals surface area contributed by atoms with Gasteiger partial charge in [0, 0.05) is 11.4 Å². The normalized spacial score (nSPS) is 12.6. The fourth-order valence-corrected chi connectivity index (χ4v) is 2.41. The molecule has 96 valence electrons. The highest BCUT2D eigenvalue weighted by molar-refractivity contribution is 7.05. The van der Waals surface area contributed by atoms with Crippen molar-refractivity contribution in [2.45, 2.75) is 18.9 Å². The highest BCUT2D eigenvalue weighted by Gasteiger charge is 2.11. The number of benzene rings is 1. The lowest BCUT2D eigenvalue weighted by atomic mass is 10.1. The molecule has 0 aliphatic rings. The first-order valence-electron chi connectivity index (χ1n) is 5.71. The number of halogens is 1. The molecule has 0 aliphatic heterocycles. The lowest BCUT2D eigenvalue weighted by Crippen LogP contribution is -2.15. The average Bonchev–Trinajstić information content (AvgIpc) is 2.81. The molecule has 0 amide bonds. The lowest BCUT2D eigenvalue weighted by molar-refractivity contribution is 0.654. The molecular formula is C12H15ClN4S. The van der Waals surface area contributed by atoms with Crippen molar-refractivity contribution >= 4 is 23.1 Å². The molecule has 1 unspecified atom stereocenters. The summed E-state index contributed by atoms with van der Waals surface area (Å²) >= 11 is 7.19. The van der Waals surface area contributed by atoms with E-state index in [0.717, 1.165) is 27.8 Å². The zero-order valence-corrected chi connectivity index (χ0v) is 11.4. The highest BCUT2D eigenvalue weighted by Crippen LogP contribution is 2.18. The first-order valence-corrected chi connectivity index (χ1v) is 6.86. The third-order valence-electron chi connectivity index (χ3n) is 2.55. The van der Waals surface area contributed by atoms with Crippen molar-refractivity contribution in [3.63, 3.8) is 0 Å². The van der Waals surface area contributed by atoms with Crippen LogP contribution in [0.3, 0.4) is 0 Å². The van der Waals surface area contributed by atoms with Crippen LogP contribution in [-0.2, 0) is 6.42 Å². The summed E-state index contributed by atoms with van der Waals surface area (Å²) in [5.41, 5.74) is 12.6. The smallest absolute Gasteiger partial charge is 0.147 e. The summed E-state index contributed by atoms with van der Waals surface area (Å²) in [6.07, 6.45) is 1.43. The summed E-state index contributed by atoms with van der Waals surface area (Å²) in [5.74, 6) is 0.796. The topological polar surface area (TPSA) is 77.8 Å². The highest BCUT2D eigenvalue weighted by atomic mass is 35.5. The number of rotatable bonds is 5. The standard InChI is InChI=1S/C12H15ClN4S/c13-9-3-1-8(2-4-9)7-11-16-12(18-17-11)10(15)5-6-14/h1-4,10H,5-7,14-15H2. The number of aromatic nitrogens is 2. The van der Waals surface area contributed by atoms with Crippen LogP contribution >= 0.6 is 23.1 Å². The fourth-order valence-electron chi connectivity index (χ4n) is 1.58. The van der Waals surface area contributed by atoms with Crippen molar-refractivity contribution in [3.8, 4) is 0 Å². The van der Waals surface area contributed by atoms with E-state index in [2.05, 4.69) is 9.36 Å². The van der Waals surface area contributed by atoms with Gasteiger partial charge in [0.05, 0.1) is 6.04 Å². The number of hydrogen-bond donors (Lipinski definition) is 2. The summed E-state index contributed by atoms with van der Waals surface area (Å²) in [6, 6.07) is 7.58. The summed E-state index contributed by atoms with van der Waals surface area (Å²) < 4.78 is 4.31. The van der Waals surface area contributed by atoms with E-state index < -0.39 is 0 Å². The van der Waals surface area contributed by atoms with Crippen molar-refractivity contribution in [1.29, 1.82) is 0 Å². The van der Waals surface area contributed by atoms with Gasteiger partial charge >= 0.3 is 0 Å². The minimum absolute atomic E-state index is 0.105. The molecule has 4 N–H and O–H groups in total. The van der Waals surface area contributed by atoms with Crippen LogP contribution in [0, 0.1) is 0 Å². The number of nitrogens with zero attached hydrogens (tertiary/aromatic N) is 2. The van der Waals surface area contributed by atoms with Crippen molar-refractivity contribution in [2.75, 3.05) is 6.54 Å². The van der Waals surface area contributed by atoms with Gasteiger partial charge in [-0.2, -0.15) is 4.37 Å². The van der Waals surface area contributed by atoms with Gasteiger partial charge in [0.1, 0.15) is 10.8 Å². The first-order chi connectivity index (χ1) is 8.69. The molecule has 2 aromatic rings. The van der Waals surface area contributed by atoms with E-state index in [0.29, 0.717) is 13.0 Å². The second-order valence-corrected chi connectivity index (χ2v) is 5.26. The minimum atomic E-state index is -0.105. The Kier molecular flexibility index (Phi) is 4.66. The van der Waals surface area contributed by atoms with Gasteiger partial charge in [0.15, 0.2) is 0 Å². The fraction of sp³-hybridized carbons (Fsp3) is 0.333. The quantitative estimate of drug-likeness (QED) is 0.881. The Labute approximate surface area is 115 Å². The minimum Gasteiger partial charge on any atom is -0.330 e. The van der Waals surface area contributed by atoms with Crippen LogP contribution in [0.4, 0.5) is 0 Å². The average molecular weight is 283 g/mol.